The minimum absolute atomic E-state index is 0.242. The summed E-state index contributed by atoms with van der Waals surface area (Å²) in [5.41, 5.74) is 0.774. The average Bonchev–Trinajstić information content (AvgIpc) is 3.12. The molecule has 2 heterocycles. The minimum atomic E-state index is -3.57. The number of nitrogens with one attached hydrogen (secondary N) is 2. The van der Waals surface area contributed by atoms with Crippen molar-refractivity contribution in [2.75, 3.05) is 19.3 Å². The third-order valence-electron chi connectivity index (χ3n) is 4.73. The van der Waals surface area contributed by atoms with Crippen molar-refractivity contribution in [2.24, 2.45) is 0 Å². The highest BCUT2D eigenvalue weighted by atomic mass is 32.2. The van der Waals surface area contributed by atoms with Crippen LogP contribution in [0.5, 0.6) is 0 Å². The van der Waals surface area contributed by atoms with Crippen LogP contribution in [0.1, 0.15) is 31.6 Å². The molecule has 1 aromatic heterocycles. The molecule has 8 nitrogen and oxygen atoms in total. The number of benzene rings is 1. The lowest BCUT2D eigenvalue weighted by Gasteiger charge is -2.34. The van der Waals surface area contributed by atoms with Crippen molar-refractivity contribution >= 4 is 15.7 Å². The van der Waals surface area contributed by atoms with Gasteiger partial charge in [-0.2, -0.15) is 4.98 Å². The molecule has 2 aromatic rings. The van der Waals surface area contributed by atoms with Crippen LogP contribution in [0.15, 0.2) is 34.9 Å². The molecular weight excluding hydrogens is 356 g/mol. The Labute approximate surface area is 152 Å². The first kappa shape index (κ1) is 18.5. The molecule has 1 atom stereocenters. The van der Waals surface area contributed by atoms with Crippen LogP contribution in [0.2, 0.25) is 0 Å². The van der Waals surface area contributed by atoms with Gasteiger partial charge in [0.05, 0.1) is 6.04 Å². The van der Waals surface area contributed by atoms with Gasteiger partial charge in [0.15, 0.2) is 20.4 Å². The van der Waals surface area contributed by atoms with Crippen molar-refractivity contribution in [3.05, 3.63) is 36.2 Å². The summed E-state index contributed by atoms with van der Waals surface area (Å²) in [7, 11) is -3.57. The molecule has 0 radical (unpaired) electrons. The van der Waals surface area contributed by atoms with E-state index in [0.29, 0.717) is 24.8 Å². The maximum absolute atomic E-state index is 12.8. The Kier molecular flexibility index (Phi) is 5.10. The van der Waals surface area contributed by atoms with Gasteiger partial charge in [-0.05, 0) is 45.0 Å². The number of hydrogen-bond acceptors (Lipinski definition) is 7. The molecule has 26 heavy (non-hydrogen) atoms. The number of sulfone groups is 1. The van der Waals surface area contributed by atoms with Crippen LogP contribution < -0.4 is 10.6 Å². The van der Waals surface area contributed by atoms with E-state index in [1.165, 1.54) is 0 Å². The van der Waals surface area contributed by atoms with E-state index in [4.69, 9.17) is 4.52 Å². The normalized spacial score (nSPS) is 18.2. The quantitative estimate of drug-likeness (QED) is 0.800. The van der Waals surface area contributed by atoms with Gasteiger partial charge in [-0.3, -0.25) is 4.79 Å². The van der Waals surface area contributed by atoms with Gasteiger partial charge in [0.25, 0.3) is 5.89 Å². The fraction of sp³-hybridized carbons (Fsp3) is 0.471. The molecule has 1 aliphatic heterocycles. The summed E-state index contributed by atoms with van der Waals surface area (Å²) in [4.78, 5) is 17.1. The Morgan fingerprint density at radius 2 is 1.92 bits per heavy atom. The second-order valence-electron chi connectivity index (χ2n) is 6.54. The number of nitrogens with zero attached hydrogens (tertiary/aromatic N) is 2. The molecule has 1 fully saturated rings. The summed E-state index contributed by atoms with van der Waals surface area (Å²) in [5.74, 6) is 0.135. The number of hydrogen-bond donors (Lipinski definition) is 2. The van der Waals surface area contributed by atoms with Crippen LogP contribution in [-0.4, -0.2) is 48.6 Å². The second kappa shape index (κ2) is 7.16. The van der Waals surface area contributed by atoms with Crippen molar-refractivity contribution < 1.29 is 17.7 Å². The van der Waals surface area contributed by atoms with E-state index in [1.54, 1.807) is 6.92 Å². The number of carbonyl (C=O) groups excluding carboxylic acids is 1. The molecule has 1 aromatic carbocycles. The van der Waals surface area contributed by atoms with Gasteiger partial charge in [-0.15, -0.1) is 0 Å². The molecule has 9 heteroatoms. The summed E-state index contributed by atoms with van der Waals surface area (Å²) in [6.07, 6.45) is 1.60. The highest BCUT2D eigenvalue weighted by Gasteiger charge is 2.49. The van der Waals surface area contributed by atoms with Crippen LogP contribution in [0, 0.1) is 0 Å². The van der Waals surface area contributed by atoms with Crippen LogP contribution >= 0.6 is 0 Å². The number of rotatable bonds is 5. The SMILES string of the molecule is CC(NC(=O)C1(S(C)(=O)=O)CCNCC1)c1noc(-c2ccccc2)n1. The lowest BCUT2D eigenvalue weighted by Crippen LogP contribution is -2.57. The monoisotopic (exact) mass is 378 g/mol. The molecule has 0 bridgehead atoms. The Bertz CT molecular complexity index is 873. The van der Waals surface area contributed by atoms with E-state index >= 15 is 0 Å². The summed E-state index contributed by atoms with van der Waals surface area (Å²) in [5, 5.41) is 9.75. The highest BCUT2D eigenvalue weighted by Crippen LogP contribution is 2.29. The van der Waals surface area contributed by atoms with Crippen molar-refractivity contribution in [1.82, 2.24) is 20.8 Å². The Morgan fingerprint density at radius 3 is 2.54 bits per heavy atom. The van der Waals surface area contributed by atoms with Gasteiger partial charge >= 0.3 is 0 Å². The third-order valence-corrected chi connectivity index (χ3v) is 6.75. The Balaban J connectivity index is 1.78. The molecule has 2 N–H and O–H groups in total. The summed E-state index contributed by atoms with van der Waals surface area (Å²) >= 11 is 0. The van der Waals surface area contributed by atoms with E-state index in [0.717, 1.165) is 11.8 Å². The molecule has 1 saturated heterocycles. The summed E-state index contributed by atoms with van der Waals surface area (Å²) < 4.78 is 28.5. The van der Waals surface area contributed by atoms with Gasteiger partial charge in [0.2, 0.25) is 5.91 Å². The number of piperidine rings is 1. The smallest absolute Gasteiger partial charge is 0.257 e. The lowest BCUT2D eigenvalue weighted by atomic mass is 9.95. The third kappa shape index (κ3) is 3.49. The maximum atomic E-state index is 12.8. The van der Waals surface area contributed by atoms with Gasteiger partial charge < -0.3 is 15.2 Å². The van der Waals surface area contributed by atoms with Crippen LogP contribution in [0.3, 0.4) is 0 Å². The van der Waals surface area contributed by atoms with E-state index in [-0.39, 0.29) is 12.8 Å². The zero-order valence-corrected chi connectivity index (χ0v) is 15.5. The zero-order chi connectivity index (χ0) is 18.8. The van der Waals surface area contributed by atoms with Gasteiger partial charge in [-0.1, -0.05) is 23.4 Å². The topological polar surface area (TPSA) is 114 Å². The van der Waals surface area contributed by atoms with Crippen LogP contribution in [0.25, 0.3) is 11.5 Å². The number of aromatic nitrogens is 2. The van der Waals surface area contributed by atoms with Crippen molar-refractivity contribution in [1.29, 1.82) is 0 Å². The van der Waals surface area contributed by atoms with Crippen LogP contribution in [-0.2, 0) is 14.6 Å². The largest absolute Gasteiger partial charge is 0.345 e. The van der Waals surface area contributed by atoms with Crippen molar-refractivity contribution in [2.45, 2.75) is 30.6 Å². The molecule has 1 unspecified atom stereocenters. The van der Waals surface area contributed by atoms with Crippen molar-refractivity contribution in [3.63, 3.8) is 0 Å². The predicted octanol–water partition coefficient (Wildman–Crippen LogP) is 1.08. The standard InChI is InChI=1S/C17H22N4O4S/c1-12(14-20-15(25-21-14)13-6-4-3-5-7-13)19-16(22)17(26(2,23)24)8-10-18-11-9-17/h3-7,12,18H,8-11H2,1-2H3,(H,19,22). The molecule has 1 amide bonds. The average molecular weight is 378 g/mol. The van der Waals surface area contributed by atoms with Crippen molar-refractivity contribution in [3.8, 4) is 11.5 Å². The fourth-order valence-electron chi connectivity index (χ4n) is 3.10. The molecule has 0 aliphatic carbocycles. The van der Waals surface area contributed by atoms with E-state index in [1.807, 2.05) is 30.3 Å². The van der Waals surface area contributed by atoms with Gasteiger partial charge in [-0.25, -0.2) is 8.42 Å². The van der Waals surface area contributed by atoms with Gasteiger partial charge in [0, 0.05) is 11.8 Å². The summed E-state index contributed by atoms with van der Waals surface area (Å²) in [6, 6.07) is 8.71. The first-order chi connectivity index (χ1) is 12.3. The number of carbonyl (C=O) groups is 1. The molecule has 0 saturated carbocycles. The lowest BCUT2D eigenvalue weighted by molar-refractivity contribution is -0.125. The fourth-order valence-corrected chi connectivity index (χ4v) is 4.44. The second-order valence-corrected chi connectivity index (χ2v) is 8.86. The van der Waals surface area contributed by atoms with E-state index in [2.05, 4.69) is 20.8 Å². The predicted molar refractivity (Wildman–Crippen MR) is 96.0 cm³/mol. The Morgan fingerprint density at radius 1 is 1.27 bits per heavy atom. The maximum Gasteiger partial charge on any atom is 0.257 e. The van der Waals surface area contributed by atoms with Gasteiger partial charge in [0.1, 0.15) is 0 Å². The summed E-state index contributed by atoms with van der Waals surface area (Å²) in [6.45, 7) is 2.67. The molecule has 1 aliphatic rings. The Hall–Kier alpha value is -2.26. The van der Waals surface area contributed by atoms with E-state index < -0.39 is 26.5 Å². The van der Waals surface area contributed by atoms with E-state index in [9.17, 15) is 13.2 Å². The first-order valence-corrected chi connectivity index (χ1v) is 10.3. The molecule has 3 rings (SSSR count). The highest BCUT2D eigenvalue weighted by molar-refractivity contribution is 7.92. The first-order valence-electron chi connectivity index (χ1n) is 8.44. The number of amides is 1. The molecular formula is C17H22N4O4S. The zero-order valence-electron chi connectivity index (χ0n) is 14.7. The molecule has 140 valence electrons. The molecule has 0 spiro atoms. The minimum Gasteiger partial charge on any atom is -0.345 e. The van der Waals surface area contributed by atoms with Crippen LogP contribution in [0.4, 0.5) is 0 Å².